The summed E-state index contributed by atoms with van der Waals surface area (Å²) in [6.07, 6.45) is 0.974. The molecule has 5 nitrogen and oxygen atoms in total. The number of hydrogen-bond acceptors (Lipinski definition) is 5. The maximum atomic E-state index is 11.3. The van der Waals surface area contributed by atoms with Crippen LogP contribution in [0.2, 0.25) is 0 Å². The second-order valence-corrected chi connectivity index (χ2v) is 4.92. The van der Waals surface area contributed by atoms with E-state index in [1.165, 1.54) is 7.11 Å². The first-order valence-electron chi connectivity index (χ1n) is 6.07. The van der Waals surface area contributed by atoms with Crippen LogP contribution >= 0.6 is 0 Å². The topological polar surface area (TPSA) is 60.7 Å². The highest BCUT2D eigenvalue weighted by Crippen LogP contribution is 2.24. The van der Waals surface area contributed by atoms with Gasteiger partial charge in [0.15, 0.2) is 0 Å². The Bertz CT molecular complexity index is 420. The third-order valence-corrected chi connectivity index (χ3v) is 3.22. The highest BCUT2D eigenvalue weighted by Gasteiger charge is 2.31. The second-order valence-electron chi connectivity index (χ2n) is 4.92. The molecule has 1 saturated heterocycles. The van der Waals surface area contributed by atoms with E-state index in [0.717, 1.165) is 18.8 Å². The number of methoxy groups -OCH3 is 1. The predicted molar refractivity (Wildman–Crippen MR) is 65.4 cm³/mol. The smallest absolute Gasteiger partial charge is 0.373 e. The Labute approximate surface area is 106 Å². The average molecular weight is 253 g/mol. The van der Waals surface area contributed by atoms with Gasteiger partial charge < -0.3 is 13.9 Å². The van der Waals surface area contributed by atoms with Crippen LogP contribution in [0.4, 0.5) is 0 Å². The zero-order valence-electron chi connectivity index (χ0n) is 11.0. The molecule has 18 heavy (non-hydrogen) atoms. The first kappa shape index (κ1) is 13.1. The van der Waals surface area contributed by atoms with Crippen molar-refractivity contribution in [1.29, 1.82) is 0 Å². The first-order chi connectivity index (χ1) is 8.54. The van der Waals surface area contributed by atoms with Crippen molar-refractivity contribution < 1.29 is 18.7 Å². The monoisotopic (exact) mass is 253 g/mol. The summed E-state index contributed by atoms with van der Waals surface area (Å²) < 4.78 is 15.5. The normalized spacial score (nSPS) is 25.1. The van der Waals surface area contributed by atoms with Crippen LogP contribution in [-0.4, -0.2) is 31.8 Å². The molecule has 1 aromatic heterocycles. The summed E-state index contributed by atoms with van der Waals surface area (Å²) in [4.78, 5) is 11.3. The Hall–Kier alpha value is -1.33. The van der Waals surface area contributed by atoms with Crippen LogP contribution in [0.1, 0.15) is 42.6 Å². The van der Waals surface area contributed by atoms with E-state index in [1.54, 1.807) is 12.1 Å². The first-order valence-corrected chi connectivity index (χ1v) is 6.07. The van der Waals surface area contributed by atoms with Gasteiger partial charge in [0.05, 0.1) is 19.8 Å². The van der Waals surface area contributed by atoms with Crippen LogP contribution in [0.25, 0.3) is 0 Å². The average Bonchev–Trinajstić information content (AvgIpc) is 2.97. The number of carbonyl (C=O) groups is 1. The van der Waals surface area contributed by atoms with Crippen molar-refractivity contribution in [2.24, 2.45) is 0 Å². The Morgan fingerprint density at radius 3 is 2.94 bits per heavy atom. The van der Waals surface area contributed by atoms with Crippen molar-refractivity contribution in [2.75, 3.05) is 20.3 Å². The van der Waals surface area contributed by atoms with Crippen molar-refractivity contribution in [2.45, 2.75) is 31.8 Å². The van der Waals surface area contributed by atoms with Gasteiger partial charge >= 0.3 is 5.97 Å². The maximum absolute atomic E-state index is 11.3. The molecule has 0 aromatic carbocycles. The molecule has 2 atom stereocenters. The Kier molecular flexibility index (Phi) is 3.73. The second kappa shape index (κ2) is 5.12. The van der Waals surface area contributed by atoms with Crippen molar-refractivity contribution >= 4 is 5.97 Å². The van der Waals surface area contributed by atoms with Crippen LogP contribution in [0.3, 0.4) is 0 Å². The predicted octanol–water partition coefficient (Wildman–Crippen LogP) is 1.90. The van der Waals surface area contributed by atoms with Crippen molar-refractivity contribution in [3.05, 3.63) is 23.7 Å². The fourth-order valence-electron chi connectivity index (χ4n) is 2.17. The van der Waals surface area contributed by atoms with E-state index in [9.17, 15) is 4.79 Å². The lowest BCUT2D eigenvalue weighted by Crippen LogP contribution is -2.44. The SMILES string of the molecule is COC(=O)c1ccc(C(C)NC2(C)CCOC2)o1. The van der Waals surface area contributed by atoms with Gasteiger partial charge in [-0.15, -0.1) is 0 Å². The minimum absolute atomic E-state index is 0.0232. The molecule has 0 spiro atoms. The molecule has 1 N–H and O–H groups in total. The van der Waals surface area contributed by atoms with E-state index in [-0.39, 0.29) is 17.3 Å². The van der Waals surface area contributed by atoms with Crippen LogP contribution in [-0.2, 0) is 9.47 Å². The fourth-order valence-corrected chi connectivity index (χ4v) is 2.17. The largest absolute Gasteiger partial charge is 0.463 e. The minimum atomic E-state index is -0.455. The number of furan rings is 1. The van der Waals surface area contributed by atoms with Gasteiger partial charge in [-0.1, -0.05) is 0 Å². The van der Waals surface area contributed by atoms with E-state index in [4.69, 9.17) is 9.15 Å². The fraction of sp³-hybridized carbons (Fsp3) is 0.615. The third kappa shape index (κ3) is 2.73. The molecule has 0 radical (unpaired) electrons. The van der Waals surface area contributed by atoms with Crippen LogP contribution < -0.4 is 5.32 Å². The van der Waals surface area contributed by atoms with Gasteiger partial charge in [0.25, 0.3) is 0 Å². The Morgan fingerprint density at radius 2 is 2.33 bits per heavy atom. The van der Waals surface area contributed by atoms with Gasteiger partial charge in [0.2, 0.25) is 5.76 Å². The van der Waals surface area contributed by atoms with E-state index in [1.807, 2.05) is 6.92 Å². The molecule has 5 heteroatoms. The van der Waals surface area contributed by atoms with Crippen molar-refractivity contribution in [1.82, 2.24) is 5.32 Å². The molecule has 2 rings (SSSR count). The minimum Gasteiger partial charge on any atom is -0.463 e. The molecule has 1 fully saturated rings. The van der Waals surface area contributed by atoms with Gasteiger partial charge in [-0.05, 0) is 32.4 Å². The lowest BCUT2D eigenvalue weighted by molar-refractivity contribution is 0.0561. The summed E-state index contributed by atoms with van der Waals surface area (Å²) in [5, 5.41) is 3.47. The third-order valence-electron chi connectivity index (χ3n) is 3.22. The number of esters is 1. The molecule has 2 heterocycles. The lowest BCUT2D eigenvalue weighted by Gasteiger charge is -2.27. The number of rotatable bonds is 4. The molecular formula is C13H19NO4. The van der Waals surface area contributed by atoms with E-state index in [0.29, 0.717) is 6.61 Å². The summed E-state index contributed by atoms with van der Waals surface area (Å²) in [7, 11) is 1.34. The molecular weight excluding hydrogens is 234 g/mol. The number of nitrogens with one attached hydrogen (secondary N) is 1. The van der Waals surface area contributed by atoms with E-state index >= 15 is 0 Å². The standard InChI is InChI=1S/C13H19NO4/c1-9(14-13(2)6-7-17-8-13)10-4-5-11(18-10)12(15)16-3/h4-5,9,14H,6-8H2,1-3H3. The lowest BCUT2D eigenvalue weighted by atomic mass is 10.00. The highest BCUT2D eigenvalue weighted by molar-refractivity contribution is 5.86. The zero-order chi connectivity index (χ0) is 13.2. The van der Waals surface area contributed by atoms with Gasteiger partial charge in [-0.25, -0.2) is 4.79 Å². The summed E-state index contributed by atoms with van der Waals surface area (Å²) in [5.74, 6) is 0.501. The van der Waals surface area contributed by atoms with Crippen LogP contribution in [0.15, 0.2) is 16.5 Å². The summed E-state index contributed by atoms with van der Waals surface area (Å²) in [6, 6.07) is 3.45. The van der Waals surface area contributed by atoms with Gasteiger partial charge in [0, 0.05) is 12.1 Å². The van der Waals surface area contributed by atoms with E-state index in [2.05, 4.69) is 17.0 Å². The number of carbonyl (C=O) groups excluding carboxylic acids is 1. The number of hydrogen-bond donors (Lipinski definition) is 1. The molecule has 0 amide bonds. The molecule has 0 saturated carbocycles. The van der Waals surface area contributed by atoms with Crippen molar-refractivity contribution in [3.63, 3.8) is 0 Å². The molecule has 2 unspecified atom stereocenters. The molecule has 0 aliphatic carbocycles. The quantitative estimate of drug-likeness (QED) is 0.830. The number of ether oxygens (including phenoxy) is 2. The summed E-state index contributed by atoms with van der Waals surface area (Å²) in [5.41, 5.74) is -0.0301. The van der Waals surface area contributed by atoms with E-state index < -0.39 is 5.97 Å². The molecule has 1 aromatic rings. The van der Waals surface area contributed by atoms with Gasteiger partial charge in [-0.3, -0.25) is 5.32 Å². The Balaban J connectivity index is 2.02. The molecule has 1 aliphatic rings. The molecule has 0 bridgehead atoms. The molecule has 100 valence electrons. The Morgan fingerprint density at radius 1 is 1.56 bits per heavy atom. The zero-order valence-corrected chi connectivity index (χ0v) is 11.0. The van der Waals surface area contributed by atoms with Gasteiger partial charge in [-0.2, -0.15) is 0 Å². The van der Waals surface area contributed by atoms with Crippen molar-refractivity contribution in [3.8, 4) is 0 Å². The maximum Gasteiger partial charge on any atom is 0.373 e. The van der Waals surface area contributed by atoms with Crippen LogP contribution in [0.5, 0.6) is 0 Å². The summed E-state index contributed by atoms with van der Waals surface area (Å²) in [6.45, 7) is 5.60. The summed E-state index contributed by atoms with van der Waals surface area (Å²) >= 11 is 0. The van der Waals surface area contributed by atoms with Gasteiger partial charge in [0.1, 0.15) is 5.76 Å². The molecule has 1 aliphatic heterocycles. The van der Waals surface area contributed by atoms with Crippen LogP contribution in [0, 0.1) is 0 Å². The highest BCUT2D eigenvalue weighted by atomic mass is 16.5.